The highest BCUT2D eigenvalue weighted by Gasteiger charge is 2.19. The van der Waals surface area contributed by atoms with Crippen LogP contribution < -0.4 is 10.8 Å². The third-order valence-electron chi connectivity index (χ3n) is 3.30. The van der Waals surface area contributed by atoms with Gasteiger partial charge >= 0.3 is 0 Å². The number of alkyl halides is 2. The highest BCUT2D eigenvalue weighted by atomic mass is 32.2. The molecule has 0 unspecified atom stereocenters. The number of hydrogen-bond acceptors (Lipinski definition) is 9. The molecular weight excluding hydrogens is 451 g/mol. The third kappa shape index (κ3) is 7.00. The standard InChI is InChI=1S/C15H16F3N5O5S2/c1-30(26,27)7-11(24)19-4-5-29-15-12(22-28-23-15)14(21-25)20-8-2-3-10(16)9(6-8)13(17)18/h2-3,6,13,25H,4-5,7H2,1H3,(H,19,24)(H,20,21). The number of hydroxylamine groups is 1. The molecule has 1 amide bonds. The van der Waals surface area contributed by atoms with E-state index < -0.39 is 39.3 Å². The van der Waals surface area contributed by atoms with E-state index in [1.807, 2.05) is 0 Å². The van der Waals surface area contributed by atoms with Crippen LogP contribution in [-0.4, -0.2) is 60.0 Å². The summed E-state index contributed by atoms with van der Waals surface area (Å²) in [5, 5.41) is 19.1. The molecule has 1 aromatic carbocycles. The van der Waals surface area contributed by atoms with Crippen LogP contribution in [0.25, 0.3) is 0 Å². The number of rotatable bonds is 9. The van der Waals surface area contributed by atoms with Crippen LogP contribution in [0.4, 0.5) is 18.9 Å². The zero-order chi connectivity index (χ0) is 22.3. The number of amides is 1. The van der Waals surface area contributed by atoms with Crippen molar-refractivity contribution < 1.29 is 36.2 Å². The Labute approximate surface area is 172 Å². The van der Waals surface area contributed by atoms with Crippen LogP contribution in [0.1, 0.15) is 17.7 Å². The normalized spacial score (nSPS) is 12.3. The smallest absolute Gasteiger partial charge is 0.266 e. The molecule has 10 nitrogen and oxygen atoms in total. The van der Waals surface area contributed by atoms with Crippen molar-refractivity contribution in [3.05, 3.63) is 35.3 Å². The highest BCUT2D eigenvalue weighted by molar-refractivity contribution is 7.99. The predicted octanol–water partition coefficient (Wildman–Crippen LogP) is 1.46. The molecule has 15 heteroatoms. The Kier molecular flexibility index (Phi) is 8.19. The molecule has 30 heavy (non-hydrogen) atoms. The maximum absolute atomic E-state index is 13.4. The molecule has 0 radical (unpaired) electrons. The first-order valence-electron chi connectivity index (χ1n) is 8.07. The van der Waals surface area contributed by atoms with Crippen molar-refractivity contribution in [3.8, 4) is 0 Å². The molecule has 164 valence electrons. The summed E-state index contributed by atoms with van der Waals surface area (Å²) in [5.74, 6) is -2.46. The third-order valence-corrected chi connectivity index (χ3v) is 5.04. The number of benzene rings is 1. The molecule has 0 saturated carbocycles. The van der Waals surface area contributed by atoms with Gasteiger partial charge in [-0.3, -0.25) is 15.5 Å². The zero-order valence-corrected chi connectivity index (χ0v) is 16.9. The number of halogens is 3. The van der Waals surface area contributed by atoms with Crippen LogP contribution in [0.2, 0.25) is 0 Å². The Morgan fingerprint density at radius 1 is 1.37 bits per heavy atom. The number of hydrogen-bond donors (Lipinski definition) is 3. The average Bonchev–Trinajstić information content (AvgIpc) is 3.11. The number of carbonyl (C=O) groups is 1. The summed E-state index contributed by atoms with van der Waals surface area (Å²) >= 11 is 1.03. The number of amidine groups is 1. The van der Waals surface area contributed by atoms with Gasteiger partial charge < -0.3 is 5.32 Å². The van der Waals surface area contributed by atoms with Gasteiger partial charge in [-0.2, -0.15) is 0 Å². The van der Waals surface area contributed by atoms with Crippen molar-refractivity contribution in [2.45, 2.75) is 11.5 Å². The average molecular weight is 467 g/mol. The topological polar surface area (TPSA) is 147 Å². The van der Waals surface area contributed by atoms with Gasteiger partial charge in [-0.15, -0.1) is 0 Å². The number of aliphatic imine (C=N–C) groups is 1. The second-order valence-electron chi connectivity index (χ2n) is 5.77. The fourth-order valence-electron chi connectivity index (χ4n) is 2.08. The number of sulfone groups is 1. The van der Waals surface area contributed by atoms with Crippen LogP contribution >= 0.6 is 11.8 Å². The Hall–Kier alpha value is -2.65. The maximum atomic E-state index is 13.4. The molecule has 3 N–H and O–H groups in total. The van der Waals surface area contributed by atoms with Gasteiger partial charge in [0.1, 0.15) is 11.6 Å². The number of nitrogens with zero attached hydrogens (tertiary/aromatic N) is 3. The molecule has 0 spiro atoms. The molecule has 0 atom stereocenters. The molecule has 0 saturated heterocycles. The summed E-state index contributed by atoms with van der Waals surface area (Å²) in [4.78, 5) is 15.4. The van der Waals surface area contributed by atoms with Crippen molar-refractivity contribution in [3.63, 3.8) is 0 Å². The summed E-state index contributed by atoms with van der Waals surface area (Å²) in [7, 11) is -3.44. The van der Waals surface area contributed by atoms with E-state index in [-0.39, 0.29) is 34.5 Å². The molecule has 2 rings (SSSR count). The number of thioether (sulfide) groups is 1. The number of carbonyl (C=O) groups excluding carboxylic acids is 1. The summed E-state index contributed by atoms with van der Waals surface area (Å²) in [6.45, 7) is 0.0973. The second kappa shape index (κ2) is 10.4. The molecule has 0 fully saturated rings. The molecule has 0 bridgehead atoms. The van der Waals surface area contributed by atoms with Crippen LogP contribution in [0.3, 0.4) is 0 Å². The molecule has 1 aromatic heterocycles. The Balaban J connectivity index is 2.07. The number of nitrogens with one attached hydrogen (secondary N) is 2. The fourth-order valence-corrected chi connectivity index (χ4v) is 3.41. The Morgan fingerprint density at radius 3 is 2.73 bits per heavy atom. The highest BCUT2D eigenvalue weighted by Crippen LogP contribution is 2.27. The van der Waals surface area contributed by atoms with Crippen LogP contribution in [0, 0.1) is 5.82 Å². The van der Waals surface area contributed by atoms with E-state index in [4.69, 9.17) is 0 Å². The van der Waals surface area contributed by atoms with Gasteiger partial charge in [-0.1, -0.05) is 11.8 Å². The summed E-state index contributed by atoms with van der Waals surface area (Å²) in [6.07, 6.45) is -2.12. The van der Waals surface area contributed by atoms with Gasteiger partial charge in [0.25, 0.3) is 6.43 Å². The maximum Gasteiger partial charge on any atom is 0.266 e. The molecule has 2 aromatic rings. The van der Waals surface area contributed by atoms with Crippen LogP contribution in [-0.2, 0) is 14.6 Å². The van der Waals surface area contributed by atoms with E-state index in [9.17, 15) is 31.6 Å². The summed E-state index contributed by atoms with van der Waals surface area (Å²) in [6, 6.07) is 2.75. The number of aromatic nitrogens is 2. The van der Waals surface area contributed by atoms with Gasteiger partial charge in [0.05, 0.1) is 11.3 Å². The lowest BCUT2D eigenvalue weighted by molar-refractivity contribution is -0.118. The summed E-state index contributed by atoms with van der Waals surface area (Å²) in [5.41, 5.74) is 0.742. The lowest BCUT2D eigenvalue weighted by Crippen LogP contribution is -2.31. The Bertz CT molecular complexity index is 1030. The monoisotopic (exact) mass is 467 g/mol. The lowest BCUT2D eigenvalue weighted by Gasteiger charge is -2.06. The van der Waals surface area contributed by atoms with Crippen molar-refractivity contribution in [1.29, 1.82) is 0 Å². The molecular formula is C15H16F3N5O5S2. The van der Waals surface area contributed by atoms with E-state index in [1.54, 1.807) is 5.48 Å². The van der Waals surface area contributed by atoms with E-state index in [0.717, 1.165) is 36.2 Å². The predicted molar refractivity (Wildman–Crippen MR) is 100 cm³/mol. The first-order valence-corrected chi connectivity index (χ1v) is 11.1. The van der Waals surface area contributed by atoms with Gasteiger partial charge in [0, 0.05) is 18.6 Å². The van der Waals surface area contributed by atoms with E-state index in [0.29, 0.717) is 0 Å². The van der Waals surface area contributed by atoms with Crippen molar-refractivity contribution in [1.82, 2.24) is 21.1 Å². The molecule has 0 aliphatic rings. The molecule has 0 aliphatic heterocycles. The van der Waals surface area contributed by atoms with E-state index in [1.165, 1.54) is 0 Å². The van der Waals surface area contributed by atoms with Crippen molar-refractivity contribution >= 4 is 39.0 Å². The van der Waals surface area contributed by atoms with E-state index in [2.05, 4.69) is 25.3 Å². The first kappa shape index (κ1) is 23.6. The zero-order valence-electron chi connectivity index (χ0n) is 15.3. The molecule has 1 heterocycles. The largest absolute Gasteiger partial charge is 0.354 e. The van der Waals surface area contributed by atoms with Crippen molar-refractivity contribution in [2.24, 2.45) is 4.99 Å². The minimum Gasteiger partial charge on any atom is -0.354 e. The molecule has 0 aliphatic carbocycles. The second-order valence-corrected chi connectivity index (χ2v) is 8.99. The minimum atomic E-state index is -3.44. The SMILES string of the molecule is CS(=O)(=O)CC(=O)NCCSc1nonc1C(=Nc1ccc(F)c(C(F)F)c1)NO. The Morgan fingerprint density at radius 2 is 2.10 bits per heavy atom. The van der Waals surface area contributed by atoms with Gasteiger partial charge in [-0.25, -0.2) is 31.2 Å². The lowest BCUT2D eigenvalue weighted by atomic mass is 10.2. The van der Waals surface area contributed by atoms with Crippen molar-refractivity contribution in [2.75, 3.05) is 24.3 Å². The van der Waals surface area contributed by atoms with Gasteiger partial charge in [0.15, 0.2) is 26.4 Å². The quantitative estimate of drug-likeness (QED) is 0.164. The van der Waals surface area contributed by atoms with Crippen LogP contribution in [0.15, 0.2) is 32.8 Å². The van der Waals surface area contributed by atoms with Gasteiger partial charge in [0.2, 0.25) is 5.91 Å². The minimum absolute atomic E-state index is 0.0621. The fraction of sp³-hybridized carbons (Fsp3) is 0.333. The van der Waals surface area contributed by atoms with E-state index >= 15 is 0 Å². The first-order chi connectivity index (χ1) is 14.1. The van der Waals surface area contributed by atoms with Gasteiger partial charge in [-0.05, 0) is 28.5 Å². The van der Waals surface area contributed by atoms with Crippen LogP contribution in [0.5, 0.6) is 0 Å². The summed E-state index contributed by atoms with van der Waals surface area (Å²) < 4.78 is 65.7.